The number of ketones is 1. The number of hydrogen-bond donors (Lipinski definition) is 1. The highest BCUT2D eigenvalue weighted by atomic mass is 16.5. The maximum atomic E-state index is 13.1. The molecule has 4 rings (SSSR count). The summed E-state index contributed by atoms with van der Waals surface area (Å²) in [5.74, 6) is 1.08. The van der Waals surface area contributed by atoms with Gasteiger partial charge in [-0.15, -0.1) is 0 Å². The van der Waals surface area contributed by atoms with Gasteiger partial charge in [-0.05, 0) is 25.1 Å². The lowest BCUT2D eigenvalue weighted by molar-refractivity contribution is 0.0831. The molecule has 3 aromatic rings. The Hall–Kier alpha value is -2.79. The standard InChI is InChI=1S/C22H25N3O2/c1-16(22(26)18-15-23-19-8-4-3-7-17(18)19)24-11-13-25(14-12-24)20-9-5-6-10-21(20)27-2/h3-10,15-16,23H,11-14H2,1-2H3/t16-/m0/s1. The van der Waals surface area contributed by atoms with Crippen LogP contribution in [0.5, 0.6) is 5.75 Å². The first-order valence-corrected chi connectivity index (χ1v) is 9.41. The maximum absolute atomic E-state index is 13.1. The average molecular weight is 363 g/mol. The number of hydrogen-bond acceptors (Lipinski definition) is 4. The minimum atomic E-state index is -0.135. The summed E-state index contributed by atoms with van der Waals surface area (Å²) in [6.07, 6.45) is 1.84. The summed E-state index contributed by atoms with van der Waals surface area (Å²) >= 11 is 0. The molecule has 0 spiro atoms. The molecule has 27 heavy (non-hydrogen) atoms. The Morgan fingerprint density at radius 1 is 1.04 bits per heavy atom. The van der Waals surface area contributed by atoms with Gasteiger partial charge in [0, 0.05) is 48.8 Å². The molecule has 1 aromatic heterocycles. The van der Waals surface area contributed by atoms with E-state index in [1.54, 1.807) is 7.11 Å². The number of aromatic nitrogens is 1. The highest BCUT2D eigenvalue weighted by Gasteiger charge is 2.28. The second kappa shape index (κ2) is 7.45. The van der Waals surface area contributed by atoms with Gasteiger partial charge in [-0.2, -0.15) is 0 Å². The van der Waals surface area contributed by atoms with E-state index in [-0.39, 0.29) is 11.8 Å². The monoisotopic (exact) mass is 363 g/mol. The van der Waals surface area contributed by atoms with E-state index in [0.717, 1.165) is 54.1 Å². The summed E-state index contributed by atoms with van der Waals surface area (Å²) in [5.41, 5.74) is 2.91. The summed E-state index contributed by atoms with van der Waals surface area (Å²) in [5, 5.41) is 1.00. The zero-order valence-corrected chi connectivity index (χ0v) is 15.8. The molecule has 2 aromatic carbocycles. The van der Waals surface area contributed by atoms with Gasteiger partial charge in [0.05, 0.1) is 18.8 Å². The molecule has 1 atom stereocenters. The number of nitrogens with zero attached hydrogens (tertiary/aromatic N) is 2. The van der Waals surface area contributed by atoms with Gasteiger partial charge in [0.25, 0.3) is 0 Å². The fourth-order valence-electron chi connectivity index (χ4n) is 3.91. The fraction of sp³-hybridized carbons (Fsp3) is 0.318. The van der Waals surface area contributed by atoms with Crippen LogP contribution >= 0.6 is 0 Å². The number of Topliss-reactive ketones (excluding diaryl/α,β-unsaturated/α-hetero) is 1. The number of piperazine rings is 1. The topological polar surface area (TPSA) is 48.6 Å². The number of para-hydroxylation sites is 3. The van der Waals surface area contributed by atoms with Crippen molar-refractivity contribution in [1.29, 1.82) is 0 Å². The van der Waals surface area contributed by atoms with Crippen molar-refractivity contribution in [3.63, 3.8) is 0 Å². The molecule has 2 heterocycles. The largest absolute Gasteiger partial charge is 0.495 e. The van der Waals surface area contributed by atoms with Gasteiger partial charge in [0.15, 0.2) is 5.78 Å². The number of methoxy groups -OCH3 is 1. The highest BCUT2D eigenvalue weighted by molar-refractivity contribution is 6.10. The molecule has 1 fully saturated rings. The Kier molecular flexibility index (Phi) is 4.86. The third kappa shape index (κ3) is 3.30. The van der Waals surface area contributed by atoms with Crippen LogP contribution in [0.1, 0.15) is 17.3 Å². The quantitative estimate of drug-likeness (QED) is 0.704. The van der Waals surface area contributed by atoms with Gasteiger partial charge in [-0.1, -0.05) is 30.3 Å². The predicted molar refractivity (Wildman–Crippen MR) is 109 cm³/mol. The molecule has 5 nitrogen and oxygen atoms in total. The lowest BCUT2D eigenvalue weighted by Crippen LogP contribution is -2.51. The number of aromatic amines is 1. The molecular weight excluding hydrogens is 338 g/mol. The number of rotatable bonds is 5. The number of carbonyl (C=O) groups excluding carboxylic acids is 1. The summed E-state index contributed by atoms with van der Waals surface area (Å²) in [6, 6.07) is 15.9. The molecule has 0 aliphatic carbocycles. The zero-order valence-electron chi connectivity index (χ0n) is 15.8. The highest BCUT2D eigenvalue weighted by Crippen LogP contribution is 2.29. The SMILES string of the molecule is COc1ccccc1N1CCN([C@@H](C)C(=O)c2c[nH]c3ccccc23)CC1. The van der Waals surface area contributed by atoms with E-state index in [1.807, 2.05) is 55.6 Å². The summed E-state index contributed by atoms with van der Waals surface area (Å²) < 4.78 is 5.49. The van der Waals surface area contributed by atoms with Gasteiger partial charge in [-0.3, -0.25) is 9.69 Å². The molecule has 1 aliphatic heterocycles. The van der Waals surface area contributed by atoms with Gasteiger partial charge in [-0.25, -0.2) is 0 Å². The van der Waals surface area contributed by atoms with Crippen molar-refractivity contribution in [2.45, 2.75) is 13.0 Å². The number of H-pyrrole nitrogens is 1. The summed E-state index contributed by atoms with van der Waals surface area (Å²) in [4.78, 5) is 20.9. The molecule has 0 amide bonds. The van der Waals surface area contributed by atoms with Crippen LogP contribution in [-0.4, -0.2) is 55.0 Å². The van der Waals surface area contributed by atoms with E-state index in [9.17, 15) is 4.79 Å². The number of ether oxygens (including phenoxy) is 1. The van der Waals surface area contributed by atoms with Crippen molar-refractivity contribution >= 4 is 22.4 Å². The van der Waals surface area contributed by atoms with Crippen LogP contribution in [0.2, 0.25) is 0 Å². The fourth-order valence-corrected chi connectivity index (χ4v) is 3.91. The van der Waals surface area contributed by atoms with Crippen molar-refractivity contribution in [1.82, 2.24) is 9.88 Å². The van der Waals surface area contributed by atoms with E-state index in [0.29, 0.717) is 0 Å². The van der Waals surface area contributed by atoms with Crippen molar-refractivity contribution < 1.29 is 9.53 Å². The van der Waals surface area contributed by atoms with Gasteiger partial charge < -0.3 is 14.6 Å². The van der Waals surface area contributed by atoms with Crippen LogP contribution in [0.3, 0.4) is 0 Å². The third-order valence-corrected chi connectivity index (χ3v) is 5.52. The van der Waals surface area contributed by atoms with Crippen LogP contribution in [-0.2, 0) is 0 Å². The second-order valence-electron chi connectivity index (χ2n) is 6.98. The van der Waals surface area contributed by atoms with E-state index < -0.39 is 0 Å². The lowest BCUT2D eigenvalue weighted by Gasteiger charge is -2.38. The summed E-state index contributed by atoms with van der Waals surface area (Å²) in [6.45, 7) is 5.49. The van der Waals surface area contributed by atoms with E-state index in [2.05, 4.69) is 20.9 Å². The number of benzene rings is 2. The number of nitrogens with one attached hydrogen (secondary N) is 1. The van der Waals surface area contributed by atoms with Gasteiger partial charge in [0.2, 0.25) is 0 Å². The van der Waals surface area contributed by atoms with Crippen LogP contribution < -0.4 is 9.64 Å². The first-order chi connectivity index (χ1) is 13.2. The van der Waals surface area contributed by atoms with E-state index in [4.69, 9.17) is 4.74 Å². The van der Waals surface area contributed by atoms with Gasteiger partial charge >= 0.3 is 0 Å². The Morgan fingerprint density at radius 2 is 1.74 bits per heavy atom. The third-order valence-electron chi connectivity index (χ3n) is 5.52. The van der Waals surface area contributed by atoms with Crippen LogP contribution in [0.15, 0.2) is 54.7 Å². The van der Waals surface area contributed by atoms with Crippen molar-refractivity contribution in [2.24, 2.45) is 0 Å². The van der Waals surface area contributed by atoms with Crippen molar-refractivity contribution in [3.05, 3.63) is 60.3 Å². The van der Waals surface area contributed by atoms with Crippen LogP contribution in [0.25, 0.3) is 10.9 Å². The molecule has 140 valence electrons. The average Bonchev–Trinajstić information content (AvgIpc) is 3.17. The molecule has 0 bridgehead atoms. The van der Waals surface area contributed by atoms with Crippen molar-refractivity contribution in [2.75, 3.05) is 38.2 Å². The molecule has 0 saturated carbocycles. The predicted octanol–water partition coefficient (Wildman–Crippen LogP) is 3.57. The molecule has 0 unspecified atom stereocenters. The maximum Gasteiger partial charge on any atom is 0.181 e. The zero-order chi connectivity index (χ0) is 18.8. The molecule has 1 saturated heterocycles. The van der Waals surface area contributed by atoms with Gasteiger partial charge in [0.1, 0.15) is 5.75 Å². The molecule has 1 N–H and O–H groups in total. The number of carbonyl (C=O) groups is 1. The minimum Gasteiger partial charge on any atom is -0.495 e. The molecule has 1 aliphatic rings. The number of anilines is 1. The van der Waals surface area contributed by atoms with Crippen molar-refractivity contribution in [3.8, 4) is 5.75 Å². The Morgan fingerprint density at radius 3 is 2.52 bits per heavy atom. The first kappa shape index (κ1) is 17.6. The van der Waals surface area contributed by atoms with Crippen LogP contribution in [0, 0.1) is 0 Å². The normalized spacial score (nSPS) is 16.4. The molecular formula is C22H25N3O2. The van der Waals surface area contributed by atoms with E-state index in [1.165, 1.54) is 0 Å². The minimum absolute atomic E-state index is 0.135. The second-order valence-corrected chi connectivity index (χ2v) is 6.98. The number of fused-ring (bicyclic) bond motifs is 1. The molecule has 0 radical (unpaired) electrons. The summed E-state index contributed by atoms with van der Waals surface area (Å²) in [7, 11) is 1.71. The Bertz CT molecular complexity index is 941. The first-order valence-electron chi connectivity index (χ1n) is 9.41. The lowest BCUT2D eigenvalue weighted by atomic mass is 10.0. The Labute approximate surface area is 159 Å². The van der Waals surface area contributed by atoms with Crippen LogP contribution in [0.4, 0.5) is 5.69 Å². The molecule has 5 heteroatoms. The van der Waals surface area contributed by atoms with E-state index >= 15 is 0 Å². The smallest absolute Gasteiger partial charge is 0.181 e. The Balaban J connectivity index is 1.45.